The highest BCUT2D eigenvalue weighted by Gasteiger charge is 2.45. The summed E-state index contributed by atoms with van der Waals surface area (Å²) in [6.07, 6.45) is 10.4. The van der Waals surface area contributed by atoms with Crippen molar-refractivity contribution in [3.8, 4) is 5.88 Å². The van der Waals surface area contributed by atoms with Crippen molar-refractivity contribution in [2.45, 2.75) is 129 Å². The molecule has 0 bridgehead atoms. The Labute approximate surface area is 274 Å². The van der Waals surface area contributed by atoms with Gasteiger partial charge in [-0.1, -0.05) is 64.0 Å². The lowest BCUT2D eigenvalue weighted by Crippen LogP contribution is -2.60. The third-order valence-corrected chi connectivity index (χ3v) is 11.0. The molecule has 1 saturated carbocycles. The van der Waals surface area contributed by atoms with Crippen LogP contribution in [-0.2, 0) is 11.2 Å². The molecule has 1 aliphatic carbocycles. The summed E-state index contributed by atoms with van der Waals surface area (Å²) in [6.45, 7) is 10.6. The minimum absolute atomic E-state index is 0.142. The number of hydrogen-bond acceptors (Lipinski definition) is 8. The molecule has 2 aromatic rings. The number of allylic oxidation sites excluding steroid dienone is 1. The van der Waals surface area contributed by atoms with E-state index < -0.39 is 37.3 Å². The van der Waals surface area contributed by atoms with Gasteiger partial charge in [0.05, 0.1) is 6.61 Å². The number of aromatic nitrogens is 2. The Balaban J connectivity index is 1.17. The van der Waals surface area contributed by atoms with Crippen LogP contribution < -0.4 is 10.1 Å². The Kier molecular flexibility index (Phi) is 12.0. The topological polar surface area (TPSA) is 140 Å². The van der Waals surface area contributed by atoms with Crippen molar-refractivity contribution >= 4 is 6.08 Å². The van der Waals surface area contributed by atoms with Crippen molar-refractivity contribution in [2.24, 2.45) is 17.3 Å². The number of piperidine rings is 1. The second kappa shape index (κ2) is 15.8. The van der Waals surface area contributed by atoms with Crippen LogP contribution in [0.3, 0.4) is 0 Å². The summed E-state index contributed by atoms with van der Waals surface area (Å²) in [6, 6.07) is 6.51. The molecule has 3 aliphatic rings. The molecule has 1 aromatic heterocycles. The van der Waals surface area contributed by atoms with Crippen LogP contribution in [0.4, 0.5) is 0 Å². The molecular weight excluding hydrogens is 582 g/mol. The monoisotopic (exact) mass is 639 g/mol. The second-order valence-electron chi connectivity index (χ2n) is 14.7. The molecule has 9 heteroatoms. The van der Waals surface area contributed by atoms with Crippen molar-refractivity contribution in [1.82, 2.24) is 15.5 Å². The first-order chi connectivity index (χ1) is 22.1. The summed E-state index contributed by atoms with van der Waals surface area (Å²) >= 11 is 0. The molecule has 256 valence electrons. The van der Waals surface area contributed by atoms with Gasteiger partial charge in [0.15, 0.2) is 0 Å². The standard InChI is InChI=1S/C37H57N3O6/c1-23(2)31-29(35(40-39-31)46-36-34(44)33(43)32(42)30(22-41)45-36)20-28-13-12-26(19-24(28)3)9-6-5-7-10-27-11-8-14-37(21-25(27)4)15-17-38-18-16-37/h6,9,12-13,19,23,25,27,30,32-34,36,38,41-44H,5,7-8,10-11,14-18,20-22H2,1-4H3,(H,39,40). The van der Waals surface area contributed by atoms with Crippen molar-refractivity contribution in [3.05, 3.63) is 52.2 Å². The first-order valence-corrected chi connectivity index (χ1v) is 17.6. The number of H-pyrrole nitrogens is 1. The van der Waals surface area contributed by atoms with Gasteiger partial charge in [-0.05, 0) is 105 Å². The molecular formula is C37H57N3O6. The highest BCUT2D eigenvalue weighted by molar-refractivity contribution is 5.52. The van der Waals surface area contributed by atoms with Gasteiger partial charge >= 0.3 is 0 Å². The van der Waals surface area contributed by atoms with Crippen LogP contribution in [-0.4, -0.2) is 81.0 Å². The van der Waals surface area contributed by atoms with Crippen molar-refractivity contribution in [3.63, 3.8) is 0 Å². The van der Waals surface area contributed by atoms with E-state index in [4.69, 9.17) is 9.47 Å². The van der Waals surface area contributed by atoms with Crippen LogP contribution >= 0.6 is 0 Å². The van der Waals surface area contributed by atoms with Gasteiger partial charge in [0.25, 0.3) is 0 Å². The maximum atomic E-state index is 10.5. The van der Waals surface area contributed by atoms with E-state index >= 15 is 0 Å². The molecule has 6 N–H and O–H groups in total. The van der Waals surface area contributed by atoms with E-state index in [-0.39, 0.29) is 11.8 Å². The summed E-state index contributed by atoms with van der Waals surface area (Å²) in [5.74, 6) is 2.10. The number of nitrogens with zero attached hydrogens (tertiary/aromatic N) is 1. The maximum absolute atomic E-state index is 10.5. The zero-order valence-electron chi connectivity index (χ0n) is 28.3. The second-order valence-corrected chi connectivity index (χ2v) is 14.7. The average molecular weight is 640 g/mol. The fraction of sp³-hybridized carbons (Fsp3) is 0.703. The lowest BCUT2D eigenvalue weighted by Gasteiger charge is -2.39. The fourth-order valence-electron chi connectivity index (χ4n) is 8.13. The molecule has 5 rings (SSSR count). The van der Waals surface area contributed by atoms with E-state index in [1.807, 2.05) is 0 Å². The first kappa shape index (κ1) is 35.0. The van der Waals surface area contributed by atoms with E-state index in [9.17, 15) is 20.4 Å². The van der Waals surface area contributed by atoms with Crippen LogP contribution in [0, 0.1) is 24.2 Å². The number of nitrogens with one attached hydrogen (secondary N) is 2. The van der Waals surface area contributed by atoms with E-state index in [1.165, 1.54) is 70.0 Å². The van der Waals surface area contributed by atoms with Gasteiger partial charge in [-0.15, -0.1) is 5.10 Å². The van der Waals surface area contributed by atoms with E-state index in [0.717, 1.165) is 40.6 Å². The van der Waals surface area contributed by atoms with E-state index in [2.05, 4.69) is 73.6 Å². The van der Waals surface area contributed by atoms with Gasteiger partial charge in [-0.2, -0.15) is 0 Å². The van der Waals surface area contributed by atoms with Crippen LogP contribution in [0.5, 0.6) is 5.88 Å². The Morgan fingerprint density at radius 3 is 2.61 bits per heavy atom. The van der Waals surface area contributed by atoms with Gasteiger partial charge < -0.3 is 35.2 Å². The van der Waals surface area contributed by atoms with Gasteiger partial charge in [-0.3, -0.25) is 5.10 Å². The van der Waals surface area contributed by atoms with Gasteiger partial charge in [-0.25, -0.2) is 0 Å². The number of hydrogen-bond donors (Lipinski definition) is 6. The van der Waals surface area contributed by atoms with Crippen LogP contribution in [0.15, 0.2) is 24.3 Å². The molecule has 1 spiro atoms. The van der Waals surface area contributed by atoms with Crippen molar-refractivity contribution in [2.75, 3.05) is 19.7 Å². The molecule has 2 saturated heterocycles. The number of aryl methyl sites for hydroxylation is 1. The maximum Gasteiger partial charge on any atom is 0.238 e. The quantitative estimate of drug-likeness (QED) is 0.189. The molecule has 0 amide bonds. The van der Waals surface area contributed by atoms with Gasteiger partial charge in [0.1, 0.15) is 24.4 Å². The highest BCUT2D eigenvalue weighted by atomic mass is 16.7. The molecule has 46 heavy (non-hydrogen) atoms. The van der Waals surface area contributed by atoms with Crippen LogP contribution in [0.2, 0.25) is 0 Å². The van der Waals surface area contributed by atoms with Crippen LogP contribution in [0.1, 0.15) is 112 Å². The highest BCUT2D eigenvalue weighted by Crippen LogP contribution is 2.47. The normalized spacial score (nSPS) is 30.2. The minimum Gasteiger partial charge on any atom is -0.443 e. The van der Waals surface area contributed by atoms with E-state index in [1.54, 1.807) is 0 Å². The van der Waals surface area contributed by atoms with Crippen molar-refractivity contribution in [1.29, 1.82) is 0 Å². The summed E-state index contributed by atoms with van der Waals surface area (Å²) in [5, 5.41) is 51.4. The van der Waals surface area contributed by atoms with Gasteiger partial charge in [0.2, 0.25) is 12.2 Å². The predicted molar refractivity (Wildman–Crippen MR) is 180 cm³/mol. The minimum atomic E-state index is -1.52. The number of rotatable bonds is 11. The zero-order valence-corrected chi connectivity index (χ0v) is 28.3. The molecule has 7 atom stereocenters. The number of aromatic amines is 1. The number of aliphatic hydroxyl groups excluding tert-OH is 4. The Bertz CT molecular complexity index is 1290. The SMILES string of the molecule is Cc1cc(C=CCCCC2CCCC3(CCNCC3)CC2C)ccc1Cc1c(OC2OC(CO)C(O)C(O)C2O)n[nH]c1C(C)C. The number of aliphatic hydroxyl groups is 4. The summed E-state index contributed by atoms with van der Waals surface area (Å²) < 4.78 is 11.5. The lowest BCUT2D eigenvalue weighted by molar-refractivity contribution is -0.278. The molecule has 7 unspecified atom stereocenters. The Morgan fingerprint density at radius 1 is 1.11 bits per heavy atom. The van der Waals surface area contributed by atoms with Gasteiger partial charge in [0, 0.05) is 17.7 Å². The summed E-state index contributed by atoms with van der Waals surface area (Å²) in [7, 11) is 0. The molecule has 3 heterocycles. The number of ether oxygens (including phenoxy) is 2. The lowest BCUT2D eigenvalue weighted by atomic mass is 9.70. The third-order valence-electron chi connectivity index (χ3n) is 11.0. The number of benzene rings is 1. The molecule has 9 nitrogen and oxygen atoms in total. The Morgan fingerprint density at radius 2 is 1.89 bits per heavy atom. The van der Waals surface area contributed by atoms with Crippen LogP contribution in [0.25, 0.3) is 6.08 Å². The predicted octanol–water partition coefficient (Wildman–Crippen LogP) is 4.99. The molecule has 2 aliphatic heterocycles. The third kappa shape index (κ3) is 8.23. The smallest absolute Gasteiger partial charge is 0.238 e. The van der Waals surface area contributed by atoms with Crippen molar-refractivity contribution < 1.29 is 29.9 Å². The Hall–Kier alpha value is -2.27. The number of unbranched alkanes of at least 4 members (excludes halogenated alkanes) is 1. The zero-order chi connectivity index (χ0) is 32.8. The largest absolute Gasteiger partial charge is 0.443 e. The summed E-state index contributed by atoms with van der Waals surface area (Å²) in [5.41, 5.74) is 5.85. The van der Waals surface area contributed by atoms with E-state index in [0.29, 0.717) is 11.8 Å². The average Bonchev–Trinajstić information content (AvgIpc) is 3.36. The molecule has 0 radical (unpaired) electrons. The fourth-order valence-corrected chi connectivity index (χ4v) is 8.13. The first-order valence-electron chi connectivity index (χ1n) is 17.6. The molecule has 1 aromatic carbocycles. The summed E-state index contributed by atoms with van der Waals surface area (Å²) in [4.78, 5) is 0. The molecule has 3 fully saturated rings.